The Labute approximate surface area is 120 Å². The van der Waals surface area contributed by atoms with Gasteiger partial charge in [0.15, 0.2) is 0 Å². The maximum Gasteiger partial charge on any atom is 0.416 e. The molecular weight excluding hydrogens is 283 g/mol. The number of nitrogens with zero attached hydrogens (tertiary/aromatic N) is 3. The highest BCUT2D eigenvalue weighted by Gasteiger charge is 2.31. The first-order valence-electron chi connectivity index (χ1n) is 6.47. The molecule has 0 saturated heterocycles. The van der Waals surface area contributed by atoms with Crippen molar-refractivity contribution in [1.82, 2.24) is 14.8 Å². The third-order valence-electron chi connectivity index (χ3n) is 2.69. The Balaban J connectivity index is 2.30. The van der Waals surface area contributed by atoms with Crippen molar-refractivity contribution in [3.05, 3.63) is 30.1 Å². The van der Waals surface area contributed by atoms with E-state index < -0.39 is 11.7 Å². The van der Waals surface area contributed by atoms with Gasteiger partial charge in [0, 0.05) is 19.8 Å². The minimum absolute atomic E-state index is 0.122. The third kappa shape index (κ3) is 4.11. The van der Waals surface area contributed by atoms with Crippen LogP contribution in [0.15, 0.2) is 24.5 Å². The number of nitrogens with one attached hydrogen (secondary N) is 2. The van der Waals surface area contributed by atoms with Crippen molar-refractivity contribution in [1.29, 1.82) is 0 Å². The molecule has 5 nitrogen and oxygen atoms in total. The summed E-state index contributed by atoms with van der Waals surface area (Å²) in [5.41, 5.74) is -0.173. The molecule has 0 aliphatic heterocycles. The van der Waals surface area contributed by atoms with Gasteiger partial charge in [0.1, 0.15) is 11.6 Å². The number of pyridine rings is 1. The highest BCUT2D eigenvalue weighted by molar-refractivity contribution is 5.58. The highest BCUT2D eigenvalue weighted by Crippen LogP contribution is 2.32. The fourth-order valence-electron chi connectivity index (χ4n) is 1.74. The second-order valence-corrected chi connectivity index (χ2v) is 4.58. The summed E-state index contributed by atoms with van der Waals surface area (Å²) in [6.45, 7) is 2.48. The zero-order chi connectivity index (χ0) is 15.5. The van der Waals surface area contributed by atoms with Crippen LogP contribution in [0.3, 0.4) is 0 Å². The molecule has 0 aromatic carbocycles. The molecule has 8 heteroatoms. The van der Waals surface area contributed by atoms with Gasteiger partial charge >= 0.3 is 6.18 Å². The van der Waals surface area contributed by atoms with Gasteiger partial charge in [-0.05, 0) is 18.6 Å². The molecule has 0 saturated carbocycles. The van der Waals surface area contributed by atoms with E-state index in [9.17, 15) is 13.2 Å². The van der Waals surface area contributed by atoms with E-state index in [2.05, 4.69) is 20.7 Å². The van der Waals surface area contributed by atoms with E-state index in [1.807, 2.05) is 6.92 Å². The highest BCUT2D eigenvalue weighted by atomic mass is 19.4. The fraction of sp³-hybridized carbons (Fsp3) is 0.385. The molecule has 114 valence electrons. The number of hydrogen-bond donors (Lipinski definition) is 2. The van der Waals surface area contributed by atoms with Crippen LogP contribution in [0, 0.1) is 0 Å². The molecule has 2 aromatic rings. The molecule has 0 aliphatic rings. The fourth-order valence-corrected chi connectivity index (χ4v) is 1.74. The lowest BCUT2D eigenvalue weighted by Crippen LogP contribution is -2.10. The molecule has 21 heavy (non-hydrogen) atoms. The molecule has 2 heterocycles. The Morgan fingerprint density at radius 2 is 1.95 bits per heavy atom. The van der Waals surface area contributed by atoms with Crippen molar-refractivity contribution in [3.63, 3.8) is 0 Å². The zero-order valence-corrected chi connectivity index (χ0v) is 11.7. The van der Waals surface area contributed by atoms with Crippen LogP contribution in [0.4, 0.5) is 30.5 Å². The second kappa shape index (κ2) is 6.02. The average Bonchev–Trinajstić information content (AvgIpc) is 2.80. The van der Waals surface area contributed by atoms with E-state index >= 15 is 0 Å². The average molecular weight is 299 g/mol. The Morgan fingerprint density at radius 1 is 1.24 bits per heavy atom. The summed E-state index contributed by atoms with van der Waals surface area (Å²) in [6.07, 6.45) is -0.456. The maximum atomic E-state index is 12.9. The smallest absolute Gasteiger partial charge is 0.370 e. The first kappa shape index (κ1) is 15.1. The van der Waals surface area contributed by atoms with Crippen molar-refractivity contribution < 1.29 is 13.2 Å². The van der Waals surface area contributed by atoms with E-state index in [1.165, 1.54) is 6.20 Å². The maximum absolute atomic E-state index is 12.9. The lowest BCUT2D eigenvalue weighted by molar-refractivity contribution is -0.137. The largest absolute Gasteiger partial charge is 0.416 e. The first-order chi connectivity index (χ1) is 9.88. The van der Waals surface area contributed by atoms with Gasteiger partial charge in [-0.2, -0.15) is 18.3 Å². The summed E-state index contributed by atoms with van der Waals surface area (Å²) in [7, 11) is 1.72. The van der Waals surface area contributed by atoms with Crippen LogP contribution in [-0.4, -0.2) is 21.3 Å². The Bertz CT molecular complexity index is 606. The number of rotatable bonds is 5. The van der Waals surface area contributed by atoms with Gasteiger partial charge in [-0.3, -0.25) is 4.68 Å². The van der Waals surface area contributed by atoms with Gasteiger partial charge in [0.05, 0.1) is 17.4 Å². The van der Waals surface area contributed by atoms with Crippen LogP contribution in [0.2, 0.25) is 0 Å². The Kier molecular flexibility index (Phi) is 4.35. The molecule has 0 fully saturated rings. The number of halogens is 3. The quantitative estimate of drug-likeness (QED) is 0.888. The molecule has 2 rings (SSSR count). The predicted molar refractivity (Wildman–Crippen MR) is 74.5 cm³/mol. The van der Waals surface area contributed by atoms with E-state index in [1.54, 1.807) is 17.9 Å². The standard InChI is InChI=1S/C13H16F3N5/c1-3-4-17-11-5-9(13(14,15)16)6-12(20-11)19-10-7-18-21(2)8-10/h5-8H,3-4H2,1-2H3,(H2,17,19,20). The normalized spacial score (nSPS) is 11.5. The van der Waals surface area contributed by atoms with Gasteiger partial charge in [0.2, 0.25) is 0 Å². The van der Waals surface area contributed by atoms with Gasteiger partial charge in [-0.25, -0.2) is 4.98 Å². The summed E-state index contributed by atoms with van der Waals surface area (Å²) in [5, 5.41) is 9.63. The van der Waals surface area contributed by atoms with E-state index in [0.29, 0.717) is 12.2 Å². The van der Waals surface area contributed by atoms with Gasteiger partial charge in [-0.1, -0.05) is 6.92 Å². The zero-order valence-electron chi connectivity index (χ0n) is 11.7. The van der Waals surface area contributed by atoms with Crippen LogP contribution < -0.4 is 10.6 Å². The van der Waals surface area contributed by atoms with Crippen molar-refractivity contribution in [2.24, 2.45) is 7.05 Å². The lowest BCUT2D eigenvalue weighted by atomic mass is 10.2. The van der Waals surface area contributed by atoms with Crippen molar-refractivity contribution in [2.75, 3.05) is 17.2 Å². The van der Waals surface area contributed by atoms with Gasteiger partial charge < -0.3 is 10.6 Å². The molecule has 2 aromatic heterocycles. The molecule has 0 atom stereocenters. The van der Waals surface area contributed by atoms with Crippen LogP contribution in [0.25, 0.3) is 0 Å². The SMILES string of the molecule is CCCNc1cc(C(F)(F)F)cc(Nc2cnn(C)c2)n1. The Hall–Kier alpha value is -2.25. The summed E-state index contributed by atoms with van der Waals surface area (Å²) in [6, 6.07) is 1.98. The van der Waals surface area contributed by atoms with Crippen molar-refractivity contribution in [3.8, 4) is 0 Å². The number of alkyl halides is 3. The van der Waals surface area contributed by atoms with Crippen molar-refractivity contribution in [2.45, 2.75) is 19.5 Å². The summed E-state index contributed by atoms with van der Waals surface area (Å²) < 4.78 is 40.3. The van der Waals surface area contributed by atoms with Crippen LogP contribution >= 0.6 is 0 Å². The molecule has 2 N–H and O–H groups in total. The molecule has 0 radical (unpaired) electrons. The molecule has 0 spiro atoms. The third-order valence-corrected chi connectivity index (χ3v) is 2.69. The van der Waals surface area contributed by atoms with Crippen molar-refractivity contribution >= 4 is 17.3 Å². The number of hydrogen-bond acceptors (Lipinski definition) is 4. The van der Waals surface area contributed by atoms with Crippen LogP contribution in [-0.2, 0) is 13.2 Å². The topological polar surface area (TPSA) is 54.8 Å². The molecule has 0 aliphatic carbocycles. The second-order valence-electron chi connectivity index (χ2n) is 4.58. The molecule has 0 bridgehead atoms. The summed E-state index contributed by atoms with van der Waals surface area (Å²) >= 11 is 0. The molecule has 0 unspecified atom stereocenters. The predicted octanol–water partition coefficient (Wildman–Crippen LogP) is 3.40. The van der Waals surface area contributed by atoms with E-state index in [4.69, 9.17) is 0 Å². The number of anilines is 3. The first-order valence-corrected chi connectivity index (χ1v) is 6.47. The van der Waals surface area contributed by atoms with Crippen LogP contribution in [0.1, 0.15) is 18.9 Å². The Morgan fingerprint density at radius 3 is 2.52 bits per heavy atom. The van der Waals surface area contributed by atoms with E-state index in [0.717, 1.165) is 18.6 Å². The summed E-state index contributed by atoms with van der Waals surface area (Å²) in [4.78, 5) is 4.13. The number of aromatic nitrogens is 3. The van der Waals surface area contributed by atoms with Crippen LogP contribution in [0.5, 0.6) is 0 Å². The molecular formula is C13H16F3N5. The minimum atomic E-state index is -4.42. The molecule has 0 amide bonds. The van der Waals surface area contributed by atoms with Gasteiger partial charge in [0.25, 0.3) is 0 Å². The monoisotopic (exact) mass is 299 g/mol. The van der Waals surface area contributed by atoms with Gasteiger partial charge in [-0.15, -0.1) is 0 Å². The minimum Gasteiger partial charge on any atom is -0.370 e. The number of aryl methyl sites for hydroxylation is 1. The summed E-state index contributed by atoms with van der Waals surface area (Å²) in [5.74, 6) is 0.314. The van der Waals surface area contributed by atoms with E-state index in [-0.39, 0.29) is 11.6 Å². The lowest BCUT2D eigenvalue weighted by Gasteiger charge is -2.13.